The average molecular weight is 188 g/mol. The van der Waals surface area contributed by atoms with Gasteiger partial charge in [0.25, 0.3) is 0 Å². The molecule has 0 saturated carbocycles. The van der Waals surface area contributed by atoms with Crippen molar-refractivity contribution >= 4 is 23.5 Å². The van der Waals surface area contributed by atoms with Crippen LogP contribution in [0.2, 0.25) is 11.5 Å². The van der Waals surface area contributed by atoms with Crippen molar-refractivity contribution in [1.29, 1.82) is 0 Å². The van der Waals surface area contributed by atoms with Gasteiger partial charge in [0.15, 0.2) is 0 Å². The molecule has 1 N–H and O–H groups in total. The van der Waals surface area contributed by atoms with Crippen molar-refractivity contribution in [2.24, 2.45) is 0 Å². The summed E-state index contributed by atoms with van der Waals surface area (Å²) in [5.41, 5.74) is 0. The molecule has 0 spiro atoms. The van der Waals surface area contributed by atoms with E-state index in [1.54, 1.807) is 0 Å². The highest BCUT2D eigenvalue weighted by Crippen LogP contribution is 2.24. The number of allylic oxidation sites excluding steroid dienone is 4. The van der Waals surface area contributed by atoms with Gasteiger partial charge in [0.2, 0.25) is 0 Å². The number of rotatable bonds is 5. The Kier molecular flexibility index (Phi) is 6.47. The Labute approximate surface area is 90.2 Å². The van der Waals surface area contributed by atoms with Gasteiger partial charge in [-0.15, -0.1) is 0 Å². The third kappa shape index (κ3) is 5.18. The Balaban J connectivity index is 4.25. The highest BCUT2D eigenvalue weighted by atomic mass is 16.3. The van der Waals surface area contributed by atoms with Crippen LogP contribution in [-0.2, 0) is 0 Å². The van der Waals surface area contributed by atoms with E-state index in [0.29, 0.717) is 0 Å². The third-order valence-electron chi connectivity index (χ3n) is 2.13. The zero-order valence-corrected chi connectivity index (χ0v) is 9.70. The number of aliphatic hydroxyl groups is 1. The predicted molar refractivity (Wildman–Crippen MR) is 72.2 cm³/mol. The fourth-order valence-corrected chi connectivity index (χ4v) is 1.16. The van der Waals surface area contributed by atoms with E-state index in [1.807, 2.05) is 53.0 Å². The topological polar surface area (TPSA) is 20.2 Å². The summed E-state index contributed by atoms with van der Waals surface area (Å²) in [6.45, 7) is 1.97. The highest BCUT2D eigenvalue weighted by molar-refractivity contribution is 6.42. The van der Waals surface area contributed by atoms with Crippen molar-refractivity contribution in [3.63, 3.8) is 0 Å². The molecule has 0 aliphatic rings. The second-order valence-electron chi connectivity index (χ2n) is 3.99. The molecule has 14 heavy (non-hydrogen) atoms. The van der Waals surface area contributed by atoms with E-state index in [4.69, 9.17) is 0 Å². The molecule has 0 unspecified atom stereocenters. The normalized spacial score (nSPS) is 15.9. The molecular formula is C10H19B3O. The fraction of sp³-hybridized carbons (Fsp3) is 0.400. The number of hydrogen-bond donors (Lipinski definition) is 1. The quantitative estimate of drug-likeness (QED) is 0.349. The van der Waals surface area contributed by atoms with E-state index < -0.39 is 6.10 Å². The third-order valence-corrected chi connectivity index (χ3v) is 2.13. The van der Waals surface area contributed by atoms with Crippen LogP contribution in [0.4, 0.5) is 0 Å². The molecule has 0 aliphatic carbocycles. The average Bonchev–Trinajstić information content (AvgIpc) is 2.12. The summed E-state index contributed by atoms with van der Waals surface area (Å²) >= 11 is 0. The monoisotopic (exact) mass is 188 g/mol. The zero-order chi connectivity index (χ0) is 11.0. The Morgan fingerprint density at radius 3 is 2.50 bits per heavy atom. The molecule has 4 heteroatoms. The fourth-order valence-electron chi connectivity index (χ4n) is 1.16. The minimum Gasteiger partial charge on any atom is -0.390 e. The SMILES string of the molecule is BC/C=C\C=C\[C@@H](O)C(B)(B)/C=C\C. The Bertz CT molecular complexity index is 232. The first-order chi connectivity index (χ1) is 6.54. The molecule has 1 atom stereocenters. The van der Waals surface area contributed by atoms with Crippen LogP contribution in [0.15, 0.2) is 36.5 Å². The van der Waals surface area contributed by atoms with E-state index in [1.165, 1.54) is 0 Å². The van der Waals surface area contributed by atoms with Gasteiger partial charge in [0.05, 0.1) is 6.10 Å². The molecule has 0 heterocycles. The first-order valence-corrected chi connectivity index (χ1v) is 5.19. The van der Waals surface area contributed by atoms with Crippen LogP contribution >= 0.6 is 0 Å². The first-order valence-electron chi connectivity index (χ1n) is 5.19. The smallest absolute Gasteiger partial charge is 0.107 e. The van der Waals surface area contributed by atoms with E-state index in [9.17, 15) is 5.11 Å². The molecule has 0 aromatic heterocycles. The molecule has 0 amide bonds. The summed E-state index contributed by atoms with van der Waals surface area (Å²) < 4.78 is 0. The second-order valence-corrected chi connectivity index (χ2v) is 3.99. The van der Waals surface area contributed by atoms with E-state index in [0.717, 1.165) is 6.32 Å². The lowest BCUT2D eigenvalue weighted by Crippen LogP contribution is -2.25. The van der Waals surface area contributed by atoms with Gasteiger partial charge < -0.3 is 5.11 Å². The second kappa shape index (κ2) is 6.77. The van der Waals surface area contributed by atoms with Gasteiger partial charge >= 0.3 is 0 Å². The summed E-state index contributed by atoms with van der Waals surface area (Å²) in [6, 6.07) is 0. The molecule has 0 aromatic carbocycles. The van der Waals surface area contributed by atoms with Crippen LogP contribution < -0.4 is 0 Å². The van der Waals surface area contributed by atoms with Gasteiger partial charge in [-0.1, -0.05) is 42.8 Å². The van der Waals surface area contributed by atoms with Crippen LogP contribution in [0.1, 0.15) is 6.92 Å². The van der Waals surface area contributed by atoms with Crippen molar-refractivity contribution in [1.82, 2.24) is 0 Å². The first kappa shape index (κ1) is 13.4. The molecule has 0 rings (SSSR count). The highest BCUT2D eigenvalue weighted by Gasteiger charge is 2.21. The number of aliphatic hydroxyl groups excluding tert-OH is 1. The van der Waals surface area contributed by atoms with Gasteiger partial charge in [-0.3, -0.25) is 0 Å². The van der Waals surface area contributed by atoms with E-state index >= 15 is 0 Å². The summed E-state index contributed by atoms with van der Waals surface area (Å²) in [7, 11) is 6.13. The van der Waals surface area contributed by atoms with Crippen LogP contribution in [0.3, 0.4) is 0 Å². The van der Waals surface area contributed by atoms with Crippen LogP contribution in [0.5, 0.6) is 0 Å². The van der Waals surface area contributed by atoms with Crippen molar-refractivity contribution in [3.8, 4) is 0 Å². The van der Waals surface area contributed by atoms with Crippen LogP contribution in [-0.4, -0.2) is 34.7 Å². The van der Waals surface area contributed by atoms with E-state index in [2.05, 4.69) is 13.9 Å². The van der Waals surface area contributed by atoms with Crippen molar-refractivity contribution in [2.75, 3.05) is 0 Å². The van der Waals surface area contributed by atoms with Crippen LogP contribution in [0.25, 0.3) is 0 Å². The number of hydrogen-bond acceptors (Lipinski definition) is 1. The molecular weight excluding hydrogens is 169 g/mol. The molecule has 0 aliphatic heterocycles. The van der Waals surface area contributed by atoms with Gasteiger partial charge in [-0.05, 0) is 12.1 Å². The molecule has 0 radical (unpaired) electrons. The zero-order valence-electron chi connectivity index (χ0n) is 9.70. The maximum atomic E-state index is 9.84. The molecule has 0 bridgehead atoms. The van der Waals surface area contributed by atoms with Crippen molar-refractivity contribution in [2.45, 2.75) is 24.6 Å². The van der Waals surface area contributed by atoms with Crippen molar-refractivity contribution < 1.29 is 5.11 Å². The lowest BCUT2D eigenvalue weighted by molar-refractivity contribution is 0.215. The van der Waals surface area contributed by atoms with Gasteiger partial charge in [0.1, 0.15) is 23.5 Å². The minimum absolute atomic E-state index is 0.189. The van der Waals surface area contributed by atoms with Crippen molar-refractivity contribution in [3.05, 3.63) is 36.5 Å². The standard InChI is InChI=1S/C10H19B3O/c1-2-7-10(12,13)9(14)6-4-3-5-8-11/h2-7,9,14H,8,11-13H2,1H3/b5-3-,6-4+,7-2-/t9-/m1/s1. The maximum Gasteiger partial charge on any atom is 0.107 e. The Hall–Kier alpha value is -0.625. The molecule has 74 valence electrons. The largest absolute Gasteiger partial charge is 0.390 e. The summed E-state index contributed by atoms with van der Waals surface area (Å²) in [4.78, 5) is 0. The lowest BCUT2D eigenvalue weighted by Gasteiger charge is -2.24. The van der Waals surface area contributed by atoms with Gasteiger partial charge in [0, 0.05) is 0 Å². The van der Waals surface area contributed by atoms with Crippen LogP contribution in [0, 0.1) is 0 Å². The summed E-state index contributed by atoms with van der Waals surface area (Å²) in [5.74, 6) is 0. The van der Waals surface area contributed by atoms with E-state index in [-0.39, 0.29) is 5.21 Å². The summed E-state index contributed by atoms with van der Waals surface area (Å²) in [6.07, 6.45) is 12.3. The molecule has 0 saturated heterocycles. The Morgan fingerprint density at radius 2 is 2.00 bits per heavy atom. The van der Waals surface area contributed by atoms with Gasteiger partial charge in [-0.2, -0.15) is 0 Å². The molecule has 0 aromatic rings. The minimum atomic E-state index is -0.430. The molecule has 1 nitrogen and oxygen atoms in total. The summed E-state index contributed by atoms with van der Waals surface area (Å²) in [5, 5.41) is 9.65. The molecule has 0 fully saturated rings. The lowest BCUT2D eigenvalue weighted by atomic mass is 9.51. The maximum absolute atomic E-state index is 9.84. The van der Waals surface area contributed by atoms with Gasteiger partial charge in [-0.25, -0.2) is 0 Å². The Morgan fingerprint density at radius 1 is 1.36 bits per heavy atom. The predicted octanol–water partition coefficient (Wildman–Crippen LogP) is -0.530.